The SMILES string of the molecule is Cc1cccc(C[C@H]2CCN(C(=O)c3cccn3C)C[C@H]2O)c1. The summed E-state index contributed by atoms with van der Waals surface area (Å²) in [6.45, 7) is 3.21. The second-order valence-corrected chi connectivity index (χ2v) is 6.56. The van der Waals surface area contributed by atoms with Crippen molar-refractivity contribution < 1.29 is 9.90 Å². The fourth-order valence-corrected chi connectivity index (χ4v) is 3.39. The fourth-order valence-electron chi connectivity index (χ4n) is 3.39. The Kier molecular flexibility index (Phi) is 4.53. The molecule has 0 spiro atoms. The molecule has 0 aliphatic carbocycles. The Bertz CT molecular complexity index is 692. The number of aromatic nitrogens is 1. The Balaban J connectivity index is 1.63. The van der Waals surface area contributed by atoms with Crippen molar-refractivity contribution in [1.29, 1.82) is 0 Å². The highest BCUT2D eigenvalue weighted by Crippen LogP contribution is 2.24. The van der Waals surface area contributed by atoms with Crippen molar-refractivity contribution in [3.05, 3.63) is 59.4 Å². The average molecular weight is 312 g/mol. The monoisotopic (exact) mass is 312 g/mol. The van der Waals surface area contributed by atoms with Crippen LogP contribution < -0.4 is 0 Å². The molecule has 1 aromatic heterocycles. The summed E-state index contributed by atoms with van der Waals surface area (Å²) in [6.07, 6.45) is 3.11. The summed E-state index contributed by atoms with van der Waals surface area (Å²) in [7, 11) is 1.87. The minimum absolute atomic E-state index is 0.00514. The zero-order valence-corrected chi connectivity index (χ0v) is 13.8. The number of aryl methyl sites for hydroxylation is 2. The number of piperidine rings is 1. The van der Waals surface area contributed by atoms with E-state index in [9.17, 15) is 9.90 Å². The topological polar surface area (TPSA) is 45.5 Å². The molecule has 1 saturated heterocycles. The van der Waals surface area contributed by atoms with Gasteiger partial charge in [-0.25, -0.2) is 0 Å². The summed E-state index contributed by atoms with van der Waals surface area (Å²) >= 11 is 0. The number of amides is 1. The third-order valence-corrected chi connectivity index (χ3v) is 4.75. The maximum absolute atomic E-state index is 12.5. The second kappa shape index (κ2) is 6.59. The Hall–Kier alpha value is -2.07. The molecule has 2 aromatic rings. The van der Waals surface area contributed by atoms with E-state index in [0.29, 0.717) is 18.8 Å². The summed E-state index contributed by atoms with van der Waals surface area (Å²) < 4.78 is 1.83. The summed E-state index contributed by atoms with van der Waals surface area (Å²) in [6, 6.07) is 12.1. The Labute approximate surface area is 137 Å². The molecule has 23 heavy (non-hydrogen) atoms. The number of carbonyl (C=O) groups excluding carboxylic acids is 1. The summed E-state index contributed by atoms with van der Waals surface area (Å²) in [5.41, 5.74) is 3.18. The summed E-state index contributed by atoms with van der Waals surface area (Å²) in [4.78, 5) is 14.3. The minimum atomic E-state index is -0.464. The molecule has 1 aromatic carbocycles. The van der Waals surface area contributed by atoms with Gasteiger partial charge < -0.3 is 14.6 Å². The van der Waals surface area contributed by atoms with Crippen LogP contribution in [-0.2, 0) is 13.5 Å². The van der Waals surface area contributed by atoms with Gasteiger partial charge in [0.05, 0.1) is 6.10 Å². The molecule has 1 aliphatic rings. The Morgan fingerprint density at radius 2 is 2.13 bits per heavy atom. The number of hydrogen-bond donors (Lipinski definition) is 1. The van der Waals surface area contributed by atoms with Crippen molar-refractivity contribution in [3.8, 4) is 0 Å². The molecule has 4 heteroatoms. The molecular formula is C19H24N2O2. The van der Waals surface area contributed by atoms with Crippen molar-refractivity contribution in [2.24, 2.45) is 13.0 Å². The maximum atomic E-state index is 12.5. The lowest BCUT2D eigenvalue weighted by Gasteiger charge is -2.36. The van der Waals surface area contributed by atoms with E-state index < -0.39 is 6.10 Å². The molecule has 0 unspecified atom stereocenters. The van der Waals surface area contributed by atoms with Gasteiger partial charge >= 0.3 is 0 Å². The largest absolute Gasteiger partial charge is 0.391 e. The van der Waals surface area contributed by atoms with Gasteiger partial charge in [0.2, 0.25) is 0 Å². The summed E-state index contributed by atoms with van der Waals surface area (Å²) in [5, 5.41) is 10.5. The third-order valence-electron chi connectivity index (χ3n) is 4.75. The van der Waals surface area contributed by atoms with E-state index in [0.717, 1.165) is 12.8 Å². The van der Waals surface area contributed by atoms with E-state index in [2.05, 4.69) is 31.2 Å². The molecule has 1 aliphatic heterocycles. The normalized spacial score (nSPS) is 21.4. The number of benzene rings is 1. The summed E-state index contributed by atoms with van der Waals surface area (Å²) in [5.74, 6) is 0.222. The Morgan fingerprint density at radius 3 is 2.78 bits per heavy atom. The third kappa shape index (κ3) is 3.48. The number of likely N-dealkylation sites (tertiary alicyclic amines) is 1. The van der Waals surface area contributed by atoms with Crippen molar-refractivity contribution in [1.82, 2.24) is 9.47 Å². The van der Waals surface area contributed by atoms with Gasteiger partial charge in [-0.3, -0.25) is 4.79 Å². The van der Waals surface area contributed by atoms with Gasteiger partial charge in [0, 0.05) is 26.3 Å². The van der Waals surface area contributed by atoms with Crippen molar-refractivity contribution in [3.63, 3.8) is 0 Å². The van der Waals surface area contributed by atoms with E-state index in [4.69, 9.17) is 0 Å². The predicted molar refractivity (Wildman–Crippen MR) is 90.3 cm³/mol. The highest BCUT2D eigenvalue weighted by atomic mass is 16.3. The molecule has 0 saturated carbocycles. The van der Waals surface area contributed by atoms with Crippen molar-refractivity contribution in [2.45, 2.75) is 25.9 Å². The van der Waals surface area contributed by atoms with Crippen molar-refractivity contribution in [2.75, 3.05) is 13.1 Å². The molecule has 1 fully saturated rings. The number of carbonyl (C=O) groups is 1. The zero-order chi connectivity index (χ0) is 16.4. The highest BCUT2D eigenvalue weighted by Gasteiger charge is 2.31. The van der Waals surface area contributed by atoms with E-state index >= 15 is 0 Å². The molecule has 0 bridgehead atoms. The van der Waals surface area contributed by atoms with Crippen LogP contribution in [0.25, 0.3) is 0 Å². The number of hydrogen-bond acceptors (Lipinski definition) is 2. The van der Waals surface area contributed by atoms with Crippen LogP contribution in [0.3, 0.4) is 0 Å². The van der Waals surface area contributed by atoms with Gasteiger partial charge in [-0.2, -0.15) is 0 Å². The molecule has 122 valence electrons. The van der Waals surface area contributed by atoms with Crippen molar-refractivity contribution >= 4 is 5.91 Å². The lowest BCUT2D eigenvalue weighted by atomic mass is 9.87. The molecule has 1 amide bonds. The quantitative estimate of drug-likeness (QED) is 0.946. The molecule has 2 heterocycles. The van der Waals surface area contributed by atoms with Gasteiger partial charge in [0.25, 0.3) is 5.91 Å². The van der Waals surface area contributed by atoms with E-state index in [1.54, 1.807) is 4.90 Å². The van der Waals surface area contributed by atoms with Crippen LogP contribution in [0.4, 0.5) is 0 Å². The first kappa shape index (κ1) is 15.8. The fraction of sp³-hybridized carbons (Fsp3) is 0.421. The van der Waals surface area contributed by atoms with Gasteiger partial charge in [-0.1, -0.05) is 29.8 Å². The number of rotatable bonds is 3. The van der Waals surface area contributed by atoms with Gasteiger partial charge in [0.15, 0.2) is 0 Å². The lowest BCUT2D eigenvalue weighted by Crippen LogP contribution is -2.47. The van der Waals surface area contributed by atoms with Crippen LogP contribution in [0.1, 0.15) is 28.0 Å². The Morgan fingerprint density at radius 1 is 1.30 bits per heavy atom. The number of nitrogens with zero attached hydrogens (tertiary/aromatic N) is 2. The molecular weight excluding hydrogens is 288 g/mol. The molecule has 0 radical (unpaired) electrons. The first-order valence-electron chi connectivity index (χ1n) is 8.19. The van der Waals surface area contributed by atoms with Crippen LogP contribution in [0, 0.1) is 12.8 Å². The van der Waals surface area contributed by atoms with E-state index in [1.165, 1.54) is 11.1 Å². The van der Waals surface area contributed by atoms with Crippen LogP contribution in [-0.4, -0.2) is 39.7 Å². The number of β-amino-alcohol motifs (C(OH)–C–C–N with tert-alkyl or cyclic N) is 1. The predicted octanol–water partition coefficient (Wildman–Crippen LogP) is 2.40. The highest BCUT2D eigenvalue weighted by molar-refractivity contribution is 5.92. The van der Waals surface area contributed by atoms with E-state index in [1.807, 2.05) is 29.9 Å². The number of aliphatic hydroxyl groups is 1. The van der Waals surface area contributed by atoms with Gasteiger partial charge in [-0.05, 0) is 43.4 Å². The average Bonchev–Trinajstić information content (AvgIpc) is 2.95. The van der Waals surface area contributed by atoms with Gasteiger partial charge in [-0.15, -0.1) is 0 Å². The zero-order valence-electron chi connectivity index (χ0n) is 13.8. The van der Waals surface area contributed by atoms with Crippen LogP contribution in [0.2, 0.25) is 0 Å². The maximum Gasteiger partial charge on any atom is 0.270 e. The molecule has 2 atom stereocenters. The minimum Gasteiger partial charge on any atom is -0.391 e. The molecule has 3 rings (SSSR count). The standard InChI is InChI=1S/C19H24N2O2/c1-14-5-3-6-15(11-14)12-16-8-10-21(13-18(16)22)19(23)17-7-4-9-20(17)2/h3-7,9,11,16,18,22H,8,10,12-13H2,1-2H3/t16-,18-/m1/s1. The van der Waals surface area contributed by atoms with Crippen LogP contribution in [0.15, 0.2) is 42.6 Å². The van der Waals surface area contributed by atoms with Crippen LogP contribution >= 0.6 is 0 Å². The lowest BCUT2D eigenvalue weighted by molar-refractivity contribution is 0.0193. The smallest absolute Gasteiger partial charge is 0.270 e. The van der Waals surface area contributed by atoms with E-state index in [-0.39, 0.29) is 11.8 Å². The first-order valence-corrected chi connectivity index (χ1v) is 8.19. The van der Waals surface area contributed by atoms with Gasteiger partial charge in [0.1, 0.15) is 5.69 Å². The van der Waals surface area contributed by atoms with Crippen LogP contribution in [0.5, 0.6) is 0 Å². The second-order valence-electron chi connectivity index (χ2n) is 6.56. The molecule has 1 N–H and O–H groups in total. The first-order chi connectivity index (χ1) is 11.0. The number of aliphatic hydroxyl groups excluding tert-OH is 1. The molecule has 4 nitrogen and oxygen atoms in total.